The summed E-state index contributed by atoms with van der Waals surface area (Å²) in [5.41, 5.74) is 1.34. The van der Waals surface area contributed by atoms with Gasteiger partial charge in [-0.3, -0.25) is 0 Å². The standard InChI is InChI=1S/C20H22O2/c1-3-20(22)11-9-18-17-6-4-13-12-14(21)5-7-15(13)16(17)8-10-19(18,20)2/h1,4-7,12,16-18,21-22H,8-11H2,2H3/t16?,17?,18?,19?,20-/m0/s1. The van der Waals surface area contributed by atoms with E-state index in [9.17, 15) is 10.2 Å². The summed E-state index contributed by atoms with van der Waals surface area (Å²) >= 11 is 0. The van der Waals surface area contributed by atoms with Crippen LogP contribution in [0.5, 0.6) is 5.75 Å². The second kappa shape index (κ2) is 4.40. The lowest BCUT2D eigenvalue weighted by Gasteiger charge is -2.50. The Labute approximate surface area is 131 Å². The van der Waals surface area contributed by atoms with Gasteiger partial charge in [0.25, 0.3) is 0 Å². The quantitative estimate of drug-likeness (QED) is 0.716. The Hall–Kier alpha value is -1.72. The Kier molecular flexibility index (Phi) is 2.78. The molecule has 3 aliphatic rings. The third-order valence-corrected chi connectivity index (χ3v) is 6.69. The first-order chi connectivity index (χ1) is 10.5. The van der Waals surface area contributed by atoms with E-state index < -0.39 is 5.60 Å². The van der Waals surface area contributed by atoms with Crippen LogP contribution >= 0.6 is 0 Å². The monoisotopic (exact) mass is 294 g/mol. The molecule has 0 heterocycles. The maximum absolute atomic E-state index is 10.9. The summed E-state index contributed by atoms with van der Waals surface area (Å²) in [4.78, 5) is 0. The van der Waals surface area contributed by atoms with Crippen molar-refractivity contribution in [2.24, 2.45) is 17.3 Å². The largest absolute Gasteiger partial charge is 0.508 e. The van der Waals surface area contributed by atoms with Gasteiger partial charge >= 0.3 is 0 Å². The average molecular weight is 294 g/mol. The molecule has 1 aromatic rings. The smallest absolute Gasteiger partial charge is 0.130 e. The van der Waals surface area contributed by atoms with Gasteiger partial charge in [0.2, 0.25) is 0 Å². The number of phenols is 1. The van der Waals surface area contributed by atoms with Crippen LogP contribution in [0, 0.1) is 29.6 Å². The number of terminal acetylenes is 1. The van der Waals surface area contributed by atoms with Crippen LogP contribution in [-0.4, -0.2) is 15.8 Å². The SMILES string of the molecule is C#C[C@]1(O)CCC2C3C=Cc4cc(O)ccc4C3CCC21C. The molecular formula is C20H22O2. The van der Waals surface area contributed by atoms with Crippen LogP contribution in [0.2, 0.25) is 0 Å². The molecule has 0 spiro atoms. The van der Waals surface area contributed by atoms with Crippen LogP contribution in [0.3, 0.4) is 0 Å². The number of hydrogen-bond acceptors (Lipinski definition) is 2. The van der Waals surface area contributed by atoms with Crippen molar-refractivity contribution in [3.63, 3.8) is 0 Å². The predicted molar refractivity (Wildman–Crippen MR) is 87.2 cm³/mol. The lowest BCUT2D eigenvalue weighted by atomic mass is 9.54. The average Bonchev–Trinajstić information content (AvgIpc) is 2.79. The van der Waals surface area contributed by atoms with Gasteiger partial charge in [-0.1, -0.05) is 31.1 Å². The van der Waals surface area contributed by atoms with Crippen LogP contribution in [0.25, 0.3) is 6.08 Å². The Morgan fingerprint density at radius 3 is 2.86 bits per heavy atom. The summed E-state index contributed by atoms with van der Waals surface area (Å²) in [6.07, 6.45) is 13.8. The normalized spacial score (nSPS) is 42.1. The molecule has 0 bridgehead atoms. The van der Waals surface area contributed by atoms with Crippen LogP contribution < -0.4 is 0 Å². The minimum Gasteiger partial charge on any atom is -0.508 e. The van der Waals surface area contributed by atoms with E-state index in [-0.39, 0.29) is 5.41 Å². The van der Waals surface area contributed by atoms with E-state index in [4.69, 9.17) is 6.42 Å². The van der Waals surface area contributed by atoms with Crippen molar-refractivity contribution < 1.29 is 10.2 Å². The van der Waals surface area contributed by atoms with E-state index in [0.717, 1.165) is 24.8 Å². The lowest BCUT2D eigenvalue weighted by Crippen LogP contribution is -2.49. The van der Waals surface area contributed by atoms with Crippen molar-refractivity contribution in [2.75, 3.05) is 0 Å². The van der Waals surface area contributed by atoms with Crippen molar-refractivity contribution in [3.8, 4) is 18.1 Å². The summed E-state index contributed by atoms with van der Waals surface area (Å²) in [5, 5.41) is 20.6. The van der Waals surface area contributed by atoms with E-state index in [0.29, 0.717) is 29.9 Å². The molecule has 0 radical (unpaired) electrons. The van der Waals surface area contributed by atoms with Gasteiger partial charge in [0.1, 0.15) is 11.4 Å². The lowest BCUT2D eigenvalue weighted by molar-refractivity contribution is -0.0547. The highest BCUT2D eigenvalue weighted by atomic mass is 16.3. The van der Waals surface area contributed by atoms with Gasteiger partial charge in [0.05, 0.1) is 0 Å². The highest BCUT2D eigenvalue weighted by Crippen LogP contribution is 2.63. The third-order valence-electron chi connectivity index (χ3n) is 6.69. The van der Waals surface area contributed by atoms with Crippen molar-refractivity contribution in [1.29, 1.82) is 0 Å². The molecule has 5 atom stereocenters. The van der Waals surface area contributed by atoms with Gasteiger partial charge in [-0.2, -0.15) is 0 Å². The Morgan fingerprint density at radius 2 is 2.09 bits per heavy atom. The number of aliphatic hydroxyl groups is 1. The maximum Gasteiger partial charge on any atom is 0.130 e. The molecule has 4 rings (SSSR count). The minimum atomic E-state index is -0.953. The fourth-order valence-electron chi connectivity index (χ4n) is 5.34. The van der Waals surface area contributed by atoms with Crippen molar-refractivity contribution in [2.45, 2.75) is 44.1 Å². The molecule has 1 aromatic carbocycles. The van der Waals surface area contributed by atoms with Crippen molar-refractivity contribution >= 4 is 6.08 Å². The van der Waals surface area contributed by atoms with Crippen molar-refractivity contribution in [1.82, 2.24) is 0 Å². The van der Waals surface area contributed by atoms with Crippen LogP contribution in [0.1, 0.15) is 49.7 Å². The number of phenolic OH excluding ortho intramolecular Hbond substituents is 1. The summed E-state index contributed by atoms with van der Waals surface area (Å²) < 4.78 is 0. The number of allylic oxidation sites excluding steroid dienone is 1. The second-order valence-electron chi connectivity index (χ2n) is 7.46. The van der Waals surface area contributed by atoms with Gasteiger partial charge in [-0.15, -0.1) is 6.42 Å². The number of rotatable bonds is 0. The zero-order chi connectivity index (χ0) is 15.5. The molecule has 2 fully saturated rings. The van der Waals surface area contributed by atoms with Gasteiger partial charge in [-0.25, -0.2) is 0 Å². The summed E-state index contributed by atoms with van der Waals surface area (Å²) in [5.74, 6) is 4.39. The zero-order valence-electron chi connectivity index (χ0n) is 12.9. The van der Waals surface area contributed by atoms with Gasteiger partial charge < -0.3 is 10.2 Å². The molecule has 3 aliphatic carbocycles. The molecule has 0 aliphatic heterocycles. The first-order valence-corrected chi connectivity index (χ1v) is 8.20. The molecule has 0 saturated heterocycles. The molecule has 22 heavy (non-hydrogen) atoms. The molecular weight excluding hydrogens is 272 g/mol. The molecule has 2 nitrogen and oxygen atoms in total. The van der Waals surface area contributed by atoms with Crippen LogP contribution in [0.15, 0.2) is 24.3 Å². The molecule has 2 saturated carbocycles. The Bertz CT molecular complexity index is 698. The number of hydrogen-bond donors (Lipinski definition) is 2. The van der Waals surface area contributed by atoms with Gasteiger partial charge in [0.15, 0.2) is 0 Å². The summed E-state index contributed by atoms with van der Waals surface area (Å²) in [6, 6.07) is 5.70. The second-order valence-corrected chi connectivity index (χ2v) is 7.46. The topological polar surface area (TPSA) is 40.5 Å². The molecule has 0 amide bonds. The third kappa shape index (κ3) is 1.61. The highest BCUT2D eigenvalue weighted by molar-refractivity contribution is 5.61. The first kappa shape index (κ1) is 13.9. The fourth-order valence-corrected chi connectivity index (χ4v) is 5.34. The van der Waals surface area contributed by atoms with Gasteiger partial charge in [0, 0.05) is 5.41 Å². The first-order valence-electron chi connectivity index (χ1n) is 8.20. The summed E-state index contributed by atoms with van der Waals surface area (Å²) in [7, 11) is 0. The molecule has 2 N–H and O–H groups in total. The Morgan fingerprint density at radius 1 is 1.27 bits per heavy atom. The van der Waals surface area contributed by atoms with Crippen molar-refractivity contribution in [3.05, 3.63) is 35.4 Å². The van der Waals surface area contributed by atoms with Gasteiger partial charge in [-0.05, 0) is 66.7 Å². The van der Waals surface area contributed by atoms with E-state index in [1.54, 1.807) is 6.07 Å². The minimum absolute atomic E-state index is 0.179. The molecule has 2 heteroatoms. The zero-order valence-corrected chi connectivity index (χ0v) is 12.9. The number of fused-ring (bicyclic) bond motifs is 5. The summed E-state index contributed by atoms with van der Waals surface area (Å²) in [6.45, 7) is 2.18. The fraction of sp³-hybridized carbons (Fsp3) is 0.500. The Balaban J connectivity index is 1.76. The van der Waals surface area contributed by atoms with E-state index in [1.165, 1.54) is 5.56 Å². The van der Waals surface area contributed by atoms with E-state index in [1.807, 2.05) is 6.07 Å². The molecule has 0 aromatic heterocycles. The number of aromatic hydroxyl groups is 1. The van der Waals surface area contributed by atoms with Crippen LogP contribution in [-0.2, 0) is 0 Å². The maximum atomic E-state index is 10.9. The molecule has 4 unspecified atom stereocenters. The van der Waals surface area contributed by atoms with E-state index in [2.05, 4.69) is 31.1 Å². The number of benzene rings is 1. The predicted octanol–water partition coefficient (Wildman–Crippen LogP) is 3.69. The van der Waals surface area contributed by atoms with Crippen LogP contribution in [0.4, 0.5) is 0 Å². The molecule has 114 valence electrons. The van der Waals surface area contributed by atoms with E-state index >= 15 is 0 Å². The highest BCUT2D eigenvalue weighted by Gasteiger charge is 2.60.